The van der Waals surface area contributed by atoms with Crippen LogP contribution in [0.3, 0.4) is 0 Å². The monoisotopic (exact) mass is 375 g/mol. The van der Waals surface area contributed by atoms with Crippen LogP contribution in [0.5, 0.6) is 5.75 Å². The lowest BCUT2D eigenvalue weighted by Gasteiger charge is -2.20. The first-order valence-corrected chi connectivity index (χ1v) is 8.22. The second-order valence-corrected chi connectivity index (χ2v) is 6.98. The van der Waals surface area contributed by atoms with E-state index in [1.54, 1.807) is 23.5 Å². The highest BCUT2D eigenvalue weighted by Crippen LogP contribution is 2.31. The summed E-state index contributed by atoms with van der Waals surface area (Å²) in [5, 5.41) is 3.34. The summed E-state index contributed by atoms with van der Waals surface area (Å²) >= 11 is 5.08. The molecule has 0 aliphatic rings. The smallest absolute Gasteiger partial charge is 0.387 e. The predicted octanol–water partition coefficient (Wildman–Crippen LogP) is 5.01. The zero-order valence-corrected chi connectivity index (χ0v) is 13.9. The number of para-hydroxylation sites is 1. The van der Waals surface area contributed by atoms with Crippen LogP contribution in [0.2, 0.25) is 0 Å². The lowest BCUT2D eigenvalue weighted by Crippen LogP contribution is -2.23. The Hall–Kier alpha value is -0.980. The summed E-state index contributed by atoms with van der Waals surface area (Å²) in [7, 11) is 0. The topological polar surface area (TPSA) is 21.3 Å². The van der Waals surface area contributed by atoms with Gasteiger partial charge in [0.05, 0.1) is 3.79 Å². The number of alkyl halides is 2. The molecule has 1 heterocycles. The van der Waals surface area contributed by atoms with Crippen molar-refractivity contribution in [3.05, 3.63) is 50.6 Å². The van der Waals surface area contributed by atoms with Gasteiger partial charge in [-0.2, -0.15) is 8.78 Å². The second-order valence-electron chi connectivity index (χ2n) is 4.44. The van der Waals surface area contributed by atoms with E-state index in [0.717, 1.165) is 22.3 Å². The Kier molecular flexibility index (Phi) is 6.14. The number of nitrogens with one attached hydrogen (secondary N) is 1. The van der Waals surface area contributed by atoms with E-state index in [0.29, 0.717) is 0 Å². The number of rotatable bonds is 7. The maximum atomic E-state index is 12.5. The second kappa shape index (κ2) is 7.87. The van der Waals surface area contributed by atoms with Crippen LogP contribution in [0.25, 0.3) is 0 Å². The number of ether oxygens (including phenoxy) is 1. The Morgan fingerprint density at radius 1 is 1.24 bits per heavy atom. The van der Waals surface area contributed by atoms with Gasteiger partial charge in [-0.3, -0.25) is 0 Å². The molecule has 114 valence electrons. The highest BCUT2D eigenvalue weighted by atomic mass is 79.9. The van der Waals surface area contributed by atoms with Crippen molar-refractivity contribution in [2.24, 2.45) is 0 Å². The van der Waals surface area contributed by atoms with Crippen molar-refractivity contribution in [1.29, 1.82) is 0 Å². The van der Waals surface area contributed by atoms with Crippen LogP contribution in [0, 0.1) is 0 Å². The van der Waals surface area contributed by atoms with E-state index in [4.69, 9.17) is 0 Å². The van der Waals surface area contributed by atoms with Crippen LogP contribution in [0.1, 0.15) is 23.4 Å². The van der Waals surface area contributed by atoms with Gasteiger partial charge in [-0.25, -0.2) is 0 Å². The van der Waals surface area contributed by atoms with E-state index in [9.17, 15) is 8.78 Å². The lowest BCUT2D eigenvalue weighted by molar-refractivity contribution is -0.0507. The molecule has 0 saturated carbocycles. The SMILES string of the molecule is CCNC(Cc1ccc(Br)s1)c1ccccc1OC(F)F. The molecule has 0 radical (unpaired) electrons. The third-order valence-electron chi connectivity index (χ3n) is 3.00. The van der Waals surface area contributed by atoms with Gasteiger partial charge in [0, 0.05) is 22.9 Å². The molecule has 0 bridgehead atoms. The number of likely N-dealkylation sites (N-methyl/N-ethyl adjacent to an activating group) is 1. The molecular formula is C15H16BrF2NOS. The number of halogens is 3. The van der Waals surface area contributed by atoms with Gasteiger partial charge in [0.2, 0.25) is 0 Å². The zero-order chi connectivity index (χ0) is 15.2. The predicted molar refractivity (Wildman–Crippen MR) is 85.2 cm³/mol. The van der Waals surface area contributed by atoms with Gasteiger partial charge >= 0.3 is 6.61 Å². The minimum Gasteiger partial charge on any atom is -0.434 e. The Balaban J connectivity index is 2.24. The minimum absolute atomic E-state index is 0.0597. The number of hydrogen-bond donors (Lipinski definition) is 1. The number of thiophene rings is 1. The van der Waals surface area contributed by atoms with Crippen LogP contribution < -0.4 is 10.1 Å². The Bertz CT molecular complexity index is 576. The molecule has 0 aliphatic heterocycles. The highest BCUT2D eigenvalue weighted by Gasteiger charge is 2.18. The first kappa shape index (κ1) is 16.4. The summed E-state index contributed by atoms with van der Waals surface area (Å²) in [4.78, 5) is 1.18. The van der Waals surface area contributed by atoms with Crippen molar-refractivity contribution in [3.8, 4) is 5.75 Å². The van der Waals surface area contributed by atoms with Crippen LogP contribution in [-0.4, -0.2) is 13.2 Å². The maximum Gasteiger partial charge on any atom is 0.387 e. The van der Waals surface area contributed by atoms with Gasteiger partial charge in [0.1, 0.15) is 5.75 Å². The van der Waals surface area contributed by atoms with Gasteiger partial charge in [-0.15, -0.1) is 11.3 Å². The molecular weight excluding hydrogens is 360 g/mol. The standard InChI is InChI=1S/C15H16BrF2NOS/c1-2-19-12(9-10-7-8-14(16)21-10)11-5-3-4-6-13(11)20-15(17)18/h3-8,12,15,19H,2,9H2,1H3. The fourth-order valence-corrected chi connectivity index (χ4v) is 3.70. The van der Waals surface area contributed by atoms with Crippen LogP contribution in [0.15, 0.2) is 40.2 Å². The molecule has 21 heavy (non-hydrogen) atoms. The van der Waals surface area contributed by atoms with Crippen molar-refractivity contribution in [2.45, 2.75) is 26.0 Å². The van der Waals surface area contributed by atoms with Crippen molar-refractivity contribution in [3.63, 3.8) is 0 Å². The zero-order valence-electron chi connectivity index (χ0n) is 11.5. The molecule has 1 N–H and O–H groups in total. The molecule has 0 saturated heterocycles. The van der Waals surface area contributed by atoms with Crippen LogP contribution >= 0.6 is 27.3 Å². The normalized spacial score (nSPS) is 12.6. The van der Waals surface area contributed by atoms with Gasteiger partial charge in [0.15, 0.2) is 0 Å². The third-order valence-corrected chi connectivity index (χ3v) is 4.64. The summed E-state index contributed by atoms with van der Waals surface area (Å²) in [6.45, 7) is -0.0713. The first-order valence-electron chi connectivity index (χ1n) is 6.61. The molecule has 2 nitrogen and oxygen atoms in total. The van der Waals surface area contributed by atoms with E-state index in [-0.39, 0.29) is 11.8 Å². The molecule has 2 rings (SSSR count). The molecule has 1 aromatic carbocycles. The summed E-state index contributed by atoms with van der Waals surface area (Å²) in [5.74, 6) is 0.231. The van der Waals surface area contributed by atoms with E-state index < -0.39 is 6.61 Å². The Morgan fingerprint density at radius 2 is 2.00 bits per heavy atom. The van der Waals surface area contributed by atoms with Crippen molar-refractivity contribution in [1.82, 2.24) is 5.32 Å². The van der Waals surface area contributed by atoms with E-state index in [1.807, 2.05) is 31.2 Å². The van der Waals surface area contributed by atoms with Crippen molar-refractivity contribution < 1.29 is 13.5 Å². The fraction of sp³-hybridized carbons (Fsp3) is 0.333. The van der Waals surface area contributed by atoms with E-state index in [1.165, 1.54) is 4.88 Å². The lowest BCUT2D eigenvalue weighted by atomic mass is 10.0. The summed E-state index contributed by atoms with van der Waals surface area (Å²) in [6.07, 6.45) is 0.730. The molecule has 1 unspecified atom stereocenters. The summed E-state index contributed by atoms with van der Waals surface area (Å²) in [6, 6.07) is 10.9. The molecule has 0 aliphatic carbocycles. The molecule has 6 heteroatoms. The van der Waals surface area contributed by atoms with Crippen molar-refractivity contribution >= 4 is 27.3 Å². The van der Waals surface area contributed by atoms with Crippen molar-refractivity contribution in [2.75, 3.05) is 6.54 Å². The first-order chi connectivity index (χ1) is 10.1. The van der Waals surface area contributed by atoms with E-state index in [2.05, 4.69) is 26.0 Å². The molecule has 1 atom stereocenters. The number of hydrogen-bond acceptors (Lipinski definition) is 3. The molecule has 0 fully saturated rings. The average Bonchev–Trinajstić information content (AvgIpc) is 2.84. The molecule has 2 aromatic rings. The van der Waals surface area contributed by atoms with Crippen LogP contribution in [-0.2, 0) is 6.42 Å². The summed E-state index contributed by atoms with van der Waals surface area (Å²) < 4.78 is 30.8. The van der Waals surface area contributed by atoms with Gasteiger partial charge in [0.25, 0.3) is 0 Å². The minimum atomic E-state index is -2.82. The maximum absolute atomic E-state index is 12.5. The summed E-state index contributed by atoms with van der Waals surface area (Å²) in [5.41, 5.74) is 0.754. The van der Waals surface area contributed by atoms with Crippen LogP contribution in [0.4, 0.5) is 8.78 Å². The number of benzene rings is 1. The quantitative estimate of drug-likeness (QED) is 0.734. The molecule has 1 aromatic heterocycles. The highest BCUT2D eigenvalue weighted by molar-refractivity contribution is 9.11. The van der Waals surface area contributed by atoms with Gasteiger partial charge < -0.3 is 10.1 Å². The van der Waals surface area contributed by atoms with E-state index >= 15 is 0 Å². The van der Waals surface area contributed by atoms with Gasteiger partial charge in [-0.1, -0.05) is 25.1 Å². The Labute approximate surface area is 135 Å². The molecule has 0 amide bonds. The third kappa shape index (κ3) is 4.76. The Morgan fingerprint density at radius 3 is 2.62 bits per heavy atom. The largest absolute Gasteiger partial charge is 0.434 e. The van der Waals surface area contributed by atoms with Gasteiger partial charge in [-0.05, 0) is 40.7 Å². The average molecular weight is 376 g/mol. The fourth-order valence-electron chi connectivity index (χ4n) is 2.17. The molecule has 0 spiro atoms.